The number of anilines is 1. The first kappa shape index (κ1) is 21.5. The fourth-order valence-corrected chi connectivity index (χ4v) is 3.86. The van der Waals surface area contributed by atoms with Gasteiger partial charge in [0.2, 0.25) is 0 Å². The third-order valence-corrected chi connectivity index (χ3v) is 5.71. The van der Waals surface area contributed by atoms with E-state index < -0.39 is 33.8 Å². The molecule has 3 aromatic heterocycles. The van der Waals surface area contributed by atoms with Crippen molar-refractivity contribution < 1.29 is 27.5 Å². The van der Waals surface area contributed by atoms with E-state index in [2.05, 4.69) is 15.6 Å². The zero-order valence-corrected chi connectivity index (χ0v) is 17.8. The molecule has 0 aliphatic heterocycles. The van der Waals surface area contributed by atoms with Gasteiger partial charge in [0.15, 0.2) is 9.84 Å². The molecule has 0 fully saturated rings. The molecule has 0 radical (unpaired) electrons. The highest BCUT2D eigenvalue weighted by atomic mass is 32.2. The van der Waals surface area contributed by atoms with Gasteiger partial charge in [0.1, 0.15) is 16.3 Å². The monoisotopic (exact) mass is 450 g/mol. The molecule has 30 heavy (non-hydrogen) atoms. The van der Waals surface area contributed by atoms with Gasteiger partial charge >= 0.3 is 6.09 Å². The molecule has 0 bridgehead atoms. The van der Waals surface area contributed by atoms with Crippen LogP contribution in [0, 0.1) is 0 Å². The van der Waals surface area contributed by atoms with Crippen LogP contribution in [-0.2, 0) is 14.6 Å². The molecule has 0 aliphatic carbocycles. The van der Waals surface area contributed by atoms with E-state index in [1.54, 1.807) is 19.2 Å². The third-order valence-electron chi connectivity index (χ3n) is 3.78. The molecule has 0 spiro atoms. The maximum Gasteiger partial charge on any atom is 0.414 e. The average molecular weight is 450 g/mol. The van der Waals surface area contributed by atoms with Gasteiger partial charge in [-0.15, -0.1) is 11.3 Å². The zero-order valence-electron chi connectivity index (χ0n) is 16.2. The Bertz CT molecular complexity index is 1240. The number of hydrogen-bond donors (Lipinski definition) is 2. The van der Waals surface area contributed by atoms with Gasteiger partial charge in [0, 0.05) is 18.6 Å². The number of imidazole rings is 1. The van der Waals surface area contributed by atoms with Crippen LogP contribution in [-0.4, -0.2) is 48.1 Å². The van der Waals surface area contributed by atoms with Gasteiger partial charge < -0.3 is 14.5 Å². The van der Waals surface area contributed by atoms with Gasteiger partial charge in [-0.05, 0) is 37.4 Å². The average Bonchev–Trinajstić information content (AvgIpc) is 3.25. The summed E-state index contributed by atoms with van der Waals surface area (Å²) in [5.41, 5.74) is 0.505. The Morgan fingerprint density at radius 2 is 1.87 bits per heavy atom. The Morgan fingerprint density at radius 1 is 1.13 bits per heavy atom. The standard InChI is InChI=1S/C18H18N4O6S2/c1-10(2)28-18(25)21-15(23)12-6-7-29-17(12)20-16(24)13-9-22-8-11(30(3,26)27)4-5-14(22)19-13/h4-10H,1-3H3,(H,20,24)(H,21,23,25). The minimum atomic E-state index is -3.41. The zero-order chi connectivity index (χ0) is 22.1. The molecular weight excluding hydrogens is 432 g/mol. The third kappa shape index (κ3) is 4.83. The van der Waals surface area contributed by atoms with Crippen LogP contribution >= 0.6 is 11.3 Å². The van der Waals surface area contributed by atoms with Crippen LogP contribution in [0.2, 0.25) is 0 Å². The van der Waals surface area contributed by atoms with Crippen LogP contribution in [0.4, 0.5) is 9.80 Å². The second-order valence-corrected chi connectivity index (χ2v) is 9.49. The fraction of sp³-hybridized carbons (Fsp3) is 0.222. The van der Waals surface area contributed by atoms with E-state index in [-0.39, 0.29) is 21.2 Å². The second kappa shape index (κ2) is 8.24. The number of imide groups is 1. The molecule has 12 heteroatoms. The highest BCUT2D eigenvalue weighted by Crippen LogP contribution is 2.24. The molecule has 3 heterocycles. The predicted molar refractivity (Wildman–Crippen MR) is 110 cm³/mol. The number of rotatable bonds is 5. The number of carbonyl (C=O) groups is 3. The smallest absolute Gasteiger partial charge is 0.414 e. The van der Waals surface area contributed by atoms with E-state index >= 15 is 0 Å². The van der Waals surface area contributed by atoms with Crippen LogP contribution in [0.1, 0.15) is 34.7 Å². The number of alkyl carbamates (subject to hydrolysis) is 1. The summed E-state index contributed by atoms with van der Waals surface area (Å²) < 4.78 is 29.7. The van der Waals surface area contributed by atoms with E-state index in [4.69, 9.17) is 4.74 Å². The highest BCUT2D eigenvalue weighted by molar-refractivity contribution is 7.90. The lowest BCUT2D eigenvalue weighted by Crippen LogP contribution is -2.32. The van der Waals surface area contributed by atoms with Gasteiger partial charge in [0.25, 0.3) is 11.8 Å². The van der Waals surface area contributed by atoms with Crippen LogP contribution in [0.15, 0.2) is 40.9 Å². The Morgan fingerprint density at radius 3 is 2.53 bits per heavy atom. The first-order chi connectivity index (χ1) is 14.0. The number of hydrogen-bond acceptors (Lipinski definition) is 8. The lowest BCUT2D eigenvalue weighted by molar-refractivity contribution is 0.0877. The van der Waals surface area contributed by atoms with Gasteiger partial charge in [-0.3, -0.25) is 14.9 Å². The Balaban J connectivity index is 1.78. The molecule has 3 aromatic rings. The molecule has 0 saturated heterocycles. The van der Waals surface area contributed by atoms with Crippen molar-refractivity contribution >= 4 is 49.7 Å². The van der Waals surface area contributed by atoms with Gasteiger partial charge in [-0.2, -0.15) is 0 Å². The van der Waals surface area contributed by atoms with E-state index in [0.29, 0.717) is 5.65 Å². The summed E-state index contributed by atoms with van der Waals surface area (Å²) in [6, 6.07) is 4.34. The number of pyridine rings is 1. The minimum absolute atomic E-state index is 0.0274. The van der Waals surface area contributed by atoms with Gasteiger partial charge in [-0.1, -0.05) is 0 Å². The number of thiophene rings is 1. The first-order valence-electron chi connectivity index (χ1n) is 8.64. The lowest BCUT2D eigenvalue weighted by atomic mass is 10.3. The van der Waals surface area contributed by atoms with E-state index in [0.717, 1.165) is 17.6 Å². The Kier molecular flexibility index (Phi) is 5.89. The van der Waals surface area contributed by atoms with E-state index in [9.17, 15) is 22.8 Å². The number of aromatic nitrogens is 2. The fourth-order valence-electron chi connectivity index (χ4n) is 2.46. The summed E-state index contributed by atoms with van der Waals surface area (Å²) in [5.74, 6) is -1.31. The molecule has 158 valence electrons. The summed E-state index contributed by atoms with van der Waals surface area (Å²) in [6.45, 7) is 3.29. The summed E-state index contributed by atoms with van der Waals surface area (Å²) in [6.07, 6.45) is 2.54. The molecule has 0 unspecified atom stereocenters. The van der Waals surface area contributed by atoms with Crippen molar-refractivity contribution in [3.8, 4) is 0 Å². The quantitative estimate of drug-likeness (QED) is 0.609. The predicted octanol–water partition coefficient (Wildman–Crippen LogP) is 2.33. The second-order valence-electron chi connectivity index (χ2n) is 6.55. The summed E-state index contributed by atoms with van der Waals surface area (Å²) in [7, 11) is -3.41. The molecule has 2 N–H and O–H groups in total. The largest absolute Gasteiger partial charge is 0.447 e. The molecular formula is C18H18N4O6S2. The maximum atomic E-state index is 12.6. The molecule has 0 aromatic carbocycles. The molecule has 3 amide bonds. The first-order valence-corrected chi connectivity index (χ1v) is 11.4. The normalized spacial score (nSPS) is 11.5. The van der Waals surface area contributed by atoms with Crippen molar-refractivity contribution in [3.63, 3.8) is 0 Å². The summed E-state index contributed by atoms with van der Waals surface area (Å²) >= 11 is 1.10. The van der Waals surface area contributed by atoms with E-state index in [1.807, 2.05) is 0 Å². The molecule has 3 rings (SSSR count). The van der Waals surface area contributed by atoms with Crippen LogP contribution < -0.4 is 10.6 Å². The summed E-state index contributed by atoms with van der Waals surface area (Å²) in [4.78, 5) is 40.7. The molecule has 0 saturated carbocycles. The Labute approximate surface area is 175 Å². The number of ether oxygens (including phenoxy) is 1. The van der Waals surface area contributed by atoms with Crippen molar-refractivity contribution in [2.75, 3.05) is 11.6 Å². The number of amides is 3. The number of carbonyl (C=O) groups excluding carboxylic acids is 3. The highest BCUT2D eigenvalue weighted by Gasteiger charge is 2.20. The molecule has 10 nitrogen and oxygen atoms in total. The van der Waals surface area contributed by atoms with Crippen molar-refractivity contribution in [1.29, 1.82) is 0 Å². The number of nitrogens with zero attached hydrogens (tertiary/aromatic N) is 2. The maximum absolute atomic E-state index is 12.6. The SMILES string of the molecule is CC(C)OC(=O)NC(=O)c1ccsc1NC(=O)c1cn2cc(S(C)(=O)=O)ccc2n1. The van der Waals surface area contributed by atoms with Crippen molar-refractivity contribution in [3.05, 3.63) is 47.2 Å². The molecule has 0 atom stereocenters. The molecule has 0 aliphatic rings. The van der Waals surface area contributed by atoms with E-state index in [1.165, 1.54) is 35.0 Å². The minimum Gasteiger partial charge on any atom is -0.447 e. The van der Waals surface area contributed by atoms with Crippen molar-refractivity contribution in [2.24, 2.45) is 0 Å². The van der Waals surface area contributed by atoms with Crippen LogP contribution in [0.3, 0.4) is 0 Å². The topological polar surface area (TPSA) is 136 Å². The van der Waals surface area contributed by atoms with Gasteiger partial charge in [-0.25, -0.2) is 18.2 Å². The number of sulfone groups is 1. The van der Waals surface area contributed by atoms with Crippen LogP contribution in [0.5, 0.6) is 0 Å². The van der Waals surface area contributed by atoms with Gasteiger partial charge in [0.05, 0.1) is 16.6 Å². The van der Waals surface area contributed by atoms with Crippen molar-refractivity contribution in [2.45, 2.75) is 24.8 Å². The Hall–Kier alpha value is -3.25. The summed E-state index contributed by atoms with van der Waals surface area (Å²) in [5, 5.41) is 6.48. The van der Waals surface area contributed by atoms with Crippen LogP contribution in [0.25, 0.3) is 5.65 Å². The number of nitrogens with one attached hydrogen (secondary N) is 2. The lowest BCUT2D eigenvalue weighted by Gasteiger charge is -2.09. The number of fused-ring (bicyclic) bond motifs is 1. The van der Waals surface area contributed by atoms with Crippen molar-refractivity contribution in [1.82, 2.24) is 14.7 Å².